The maximum atomic E-state index is 13.4. The van der Waals surface area contributed by atoms with Crippen molar-refractivity contribution in [2.24, 2.45) is 0 Å². The van der Waals surface area contributed by atoms with Crippen molar-refractivity contribution in [3.8, 4) is 0 Å². The third-order valence-corrected chi connectivity index (χ3v) is 9.58. The maximum absolute atomic E-state index is 13.4. The number of sulfonamides is 1. The number of nitrogens with zero attached hydrogens (tertiary/aromatic N) is 1. The topological polar surface area (TPSA) is 54.5 Å². The van der Waals surface area contributed by atoms with Gasteiger partial charge in [0.05, 0.1) is 0 Å². The molecule has 1 unspecified atom stereocenters. The third kappa shape index (κ3) is 3.57. The van der Waals surface area contributed by atoms with Crippen LogP contribution in [0, 0.1) is 0 Å². The molecule has 1 aliphatic rings. The van der Waals surface area contributed by atoms with Crippen LogP contribution < -0.4 is 4.46 Å². The first-order valence-electron chi connectivity index (χ1n) is 9.90. The zero-order chi connectivity index (χ0) is 21.4. The normalized spacial score (nSPS) is 15.7. The molecule has 0 saturated carbocycles. The number of benzene rings is 4. The van der Waals surface area contributed by atoms with Crippen LogP contribution in [-0.4, -0.2) is 33.6 Å². The van der Waals surface area contributed by atoms with Crippen LogP contribution in [0.1, 0.15) is 22.0 Å². The molecule has 1 heterocycles. The number of carbonyl (C=O) groups excluding carboxylic acids is 1. The van der Waals surface area contributed by atoms with E-state index in [0.29, 0.717) is 5.32 Å². The van der Waals surface area contributed by atoms with E-state index in [0.717, 1.165) is 20.6 Å². The summed E-state index contributed by atoms with van der Waals surface area (Å²) in [6.07, 6.45) is 0. The van der Waals surface area contributed by atoms with Crippen molar-refractivity contribution in [1.29, 1.82) is 0 Å². The van der Waals surface area contributed by atoms with Crippen LogP contribution in [-0.2, 0) is 10.0 Å². The molecule has 6 heteroatoms. The summed E-state index contributed by atoms with van der Waals surface area (Å²) in [4.78, 5) is 13.4. The Balaban J connectivity index is 1.60. The number of amides is 1. The molecule has 4 aromatic carbocycles. The Hall–Kier alpha value is -2.92. The molecule has 0 aromatic heterocycles. The van der Waals surface area contributed by atoms with Crippen LogP contribution >= 0.6 is 0 Å². The molecule has 0 aliphatic carbocycles. The van der Waals surface area contributed by atoms with E-state index in [1.54, 1.807) is 18.2 Å². The summed E-state index contributed by atoms with van der Waals surface area (Å²) in [7, 11) is -3.91. The van der Waals surface area contributed by atoms with E-state index >= 15 is 0 Å². The van der Waals surface area contributed by atoms with Crippen LogP contribution in [0.15, 0.2) is 102 Å². The molecule has 154 valence electrons. The number of hydrogen-bond donors (Lipinski definition) is 0. The van der Waals surface area contributed by atoms with Gasteiger partial charge in [-0.1, -0.05) is 0 Å². The fourth-order valence-corrected chi connectivity index (χ4v) is 8.06. The Morgan fingerprint density at radius 2 is 1.45 bits per heavy atom. The van der Waals surface area contributed by atoms with Crippen molar-refractivity contribution in [2.45, 2.75) is 16.3 Å². The molecule has 0 N–H and O–H groups in total. The van der Waals surface area contributed by atoms with Gasteiger partial charge in [0.2, 0.25) is 0 Å². The van der Waals surface area contributed by atoms with Gasteiger partial charge < -0.3 is 0 Å². The predicted octanol–water partition coefficient (Wildman–Crippen LogP) is 4.17. The van der Waals surface area contributed by atoms with E-state index in [9.17, 15) is 13.2 Å². The van der Waals surface area contributed by atoms with Crippen molar-refractivity contribution in [1.82, 2.24) is 4.31 Å². The monoisotopic (exact) mass is 493 g/mol. The second-order valence-electron chi connectivity index (χ2n) is 7.35. The molecular weight excluding hydrogens is 473 g/mol. The van der Waals surface area contributed by atoms with E-state index < -0.39 is 22.0 Å². The van der Waals surface area contributed by atoms with Crippen molar-refractivity contribution in [2.75, 3.05) is 0 Å². The molecule has 31 heavy (non-hydrogen) atoms. The van der Waals surface area contributed by atoms with Gasteiger partial charge in [0.15, 0.2) is 0 Å². The molecule has 0 fully saturated rings. The fourth-order valence-electron chi connectivity index (χ4n) is 3.92. The molecule has 5 rings (SSSR count). The minimum atomic E-state index is -3.91. The van der Waals surface area contributed by atoms with Crippen molar-refractivity contribution < 1.29 is 13.2 Å². The van der Waals surface area contributed by atoms with Crippen LogP contribution in [0.4, 0.5) is 0 Å². The standard InChI is InChI=1S/C25H19NO3SSe/c27-25-22-12-6-7-13-24(22)30(28,29)26(25)23(17-31-21-10-2-1-3-11-21)20-15-14-18-8-4-5-9-19(18)16-20/h1-16,23H,17H2. The Kier molecular flexibility index (Phi) is 5.14. The summed E-state index contributed by atoms with van der Waals surface area (Å²) in [5.74, 6) is -0.447. The van der Waals surface area contributed by atoms with E-state index in [4.69, 9.17) is 0 Å². The van der Waals surface area contributed by atoms with Crippen LogP contribution in [0.25, 0.3) is 10.8 Å². The van der Waals surface area contributed by atoms with E-state index in [2.05, 4.69) is 0 Å². The van der Waals surface area contributed by atoms with Crippen LogP contribution in [0.2, 0.25) is 5.32 Å². The second-order valence-corrected chi connectivity index (χ2v) is 11.4. The molecule has 0 saturated heterocycles. The average molecular weight is 492 g/mol. The van der Waals surface area contributed by atoms with Gasteiger partial charge >= 0.3 is 188 Å². The molecule has 1 atom stereocenters. The molecule has 0 spiro atoms. The van der Waals surface area contributed by atoms with Gasteiger partial charge in [-0.2, -0.15) is 0 Å². The third-order valence-electron chi connectivity index (χ3n) is 5.45. The summed E-state index contributed by atoms with van der Waals surface area (Å²) in [5.41, 5.74) is 1.08. The van der Waals surface area contributed by atoms with E-state index in [-0.39, 0.29) is 25.4 Å². The first-order valence-corrected chi connectivity index (χ1v) is 13.4. The van der Waals surface area contributed by atoms with Gasteiger partial charge in [0.1, 0.15) is 0 Å². The Labute approximate surface area is 187 Å². The summed E-state index contributed by atoms with van der Waals surface area (Å²) >= 11 is 0.00213. The van der Waals surface area contributed by atoms with Crippen molar-refractivity contribution in [3.63, 3.8) is 0 Å². The van der Waals surface area contributed by atoms with Gasteiger partial charge in [-0.3, -0.25) is 0 Å². The van der Waals surface area contributed by atoms with Crippen LogP contribution in [0.5, 0.6) is 0 Å². The fraction of sp³-hybridized carbons (Fsp3) is 0.0800. The zero-order valence-electron chi connectivity index (χ0n) is 16.5. The molecule has 0 bridgehead atoms. The Morgan fingerprint density at radius 1 is 0.774 bits per heavy atom. The summed E-state index contributed by atoms with van der Waals surface area (Å²) in [6.45, 7) is 0. The molecule has 4 nitrogen and oxygen atoms in total. The SMILES string of the molecule is O=C1c2ccccc2S(=O)(=O)N1C(C[Se]c1ccccc1)c1ccc2ccccc2c1. The van der Waals surface area contributed by atoms with Gasteiger partial charge in [-0.15, -0.1) is 0 Å². The average Bonchev–Trinajstić information content (AvgIpc) is 3.01. The van der Waals surface area contributed by atoms with Gasteiger partial charge in [-0.05, 0) is 0 Å². The second kappa shape index (κ2) is 7.97. The van der Waals surface area contributed by atoms with Crippen molar-refractivity contribution in [3.05, 3.63) is 108 Å². The van der Waals surface area contributed by atoms with Gasteiger partial charge in [-0.25, -0.2) is 0 Å². The quantitative estimate of drug-likeness (QED) is 0.393. The Morgan fingerprint density at radius 3 is 2.23 bits per heavy atom. The summed E-state index contributed by atoms with van der Waals surface area (Å²) in [6, 6.07) is 29.8. The zero-order valence-corrected chi connectivity index (χ0v) is 19.0. The number of fused-ring (bicyclic) bond motifs is 2. The number of carbonyl (C=O) groups is 1. The predicted molar refractivity (Wildman–Crippen MR) is 123 cm³/mol. The number of hydrogen-bond acceptors (Lipinski definition) is 3. The van der Waals surface area contributed by atoms with E-state index in [1.807, 2.05) is 72.8 Å². The molecule has 0 radical (unpaired) electrons. The molecule has 4 aromatic rings. The van der Waals surface area contributed by atoms with Gasteiger partial charge in [0, 0.05) is 0 Å². The molecule has 1 aliphatic heterocycles. The Bertz CT molecular complexity index is 1390. The summed E-state index contributed by atoms with van der Waals surface area (Å²) in [5, 5.41) is 2.67. The first kappa shape index (κ1) is 20.0. The first-order chi connectivity index (χ1) is 15.1. The van der Waals surface area contributed by atoms with Gasteiger partial charge in [0.25, 0.3) is 0 Å². The summed E-state index contributed by atoms with van der Waals surface area (Å²) < 4.78 is 29.1. The number of rotatable bonds is 5. The molecular formula is C25H19NO3SSe. The van der Waals surface area contributed by atoms with E-state index in [1.165, 1.54) is 10.5 Å². The van der Waals surface area contributed by atoms with Crippen molar-refractivity contribution >= 4 is 46.1 Å². The molecule has 1 amide bonds. The van der Waals surface area contributed by atoms with Crippen LogP contribution in [0.3, 0.4) is 0 Å². The minimum absolute atomic E-state index is 0.00213.